The molecule has 0 saturated carbocycles. The Morgan fingerprint density at radius 1 is 1.30 bits per heavy atom. The highest BCUT2D eigenvalue weighted by Crippen LogP contribution is 2.39. The number of hydrogen-bond donors (Lipinski definition) is 0. The van der Waals surface area contributed by atoms with E-state index in [2.05, 4.69) is 20.2 Å². The topological polar surface area (TPSA) is 81.7 Å². The number of carbonyl (C=O) groups is 1. The van der Waals surface area contributed by atoms with Gasteiger partial charge in [-0.25, -0.2) is 19.3 Å². The molecule has 4 heterocycles. The van der Waals surface area contributed by atoms with Crippen LogP contribution in [0.1, 0.15) is 28.5 Å². The Bertz CT molecular complexity index is 980. The molecule has 1 aliphatic heterocycles. The third-order valence-corrected chi connectivity index (χ3v) is 4.31. The summed E-state index contributed by atoms with van der Waals surface area (Å²) < 4.78 is 42.2. The van der Waals surface area contributed by atoms with Crippen molar-refractivity contribution in [2.24, 2.45) is 0 Å². The number of aryl methyl sites for hydroxylation is 1. The molecule has 140 valence electrons. The molecule has 3 aromatic heterocycles. The zero-order valence-electron chi connectivity index (χ0n) is 14.1. The lowest BCUT2D eigenvalue weighted by atomic mass is 10.1. The SMILES string of the molecule is Cc1cc2n(n1)C(C(F)(F)F)CCN2C(=O)c1ccnc(-n2cncn2)c1. The Balaban J connectivity index is 1.69. The van der Waals surface area contributed by atoms with Crippen molar-refractivity contribution in [1.29, 1.82) is 0 Å². The third-order valence-electron chi connectivity index (χ3n) is 4.31. The van der Waals surface area contributed by atoms with Crippen LogP contribution in [0.3, 0.4) is 0 Å². The lowest BCUT2D eigenvalue weighted by Crippen LogP contribution is -2.43. The minimum Gasteiger partial charge on any atom is -0.293 e. The number of fused-ring (bicyclic) bond motifs is 1. The van der Waals surface area contributed by atoms with Crippen molar-refractivity contribution in [3.8, 4) is 5.82 Å². The molecule has 1 aliphatic rings. The first-order chi connectivity index (χ1) is 12.8. The summed E-state index contributed by atoms with van der Waals surface area (Å²) in [6, 6.07) is 2.76. The smallest absolute Gasteiger partial charge is 0.293 e. The van der Waals surface area contributed by atoms with E-state index in [4.69, 9.17) is 0 Å². The predicted octanol–water partition coefficient (Wildman–Crippen LogP) is 2.32. The van der Waals surface area contributed by atoms with Gasteiger partial charge in [0.1, 0.15) is 18.5 Å². The Morgan fingerprint density at radius 3 is 2.81 bits per heavy atom. The fourth-order valence-corrected chi connectivity index (χ4v) is 3.09. The Labute approximate surface area is 151 Å². The van der Waals surface area contributed by atoms with Crippen molar-refractivity contribution in [2.75, 3.05) is 11.4 Å². The molecule has 0 radical (unpaired) electrons. The van der Waals surface area contributed by atoms with E-state index in [-0.39, 0.29) is 24.3 Å². The molecule has 4 rings (SSSR count). The van der Waals surface area contributed by atoms with Crippen molar-refractivity contribution in [3.63, 3.8) is 0 Å². The molecule has 0 aromatic carbocycles. The van der Waals surface area contributed by atoms with Crippen molar-refractivity contribution >= 4 is 11.7 Å². The van der Waals surface area contributed by atoms with E-state index in [1.165, 1.54) is 46.6 Å². The van der Waals surface area contributed by atoms with Gasteiger partial charge in [0.25, 0.3) is 5.91 Å². The average Bonchev–Trinajstić information content (AvgIpc) is 3.28. The standard InChI is InChI=1S/C16H14F3N7O/c1-10-6-14-24(5-3-12(16(17,18)19)26(14)23-10)15(27)11-2-4-21-13(7-11)25-9-20-8-22-25/h2,4,6-9,12H,3,5H2,1H3. The molecule has 0 bridgehead atoms. The number of carbonyl (C=O) groups excluding carboxylic acids is 1. The van der Waals surface area contributed by atoms with Crippen molar-refractivity contribution in [2.45, 2.75) is 25.6 Å². The second-order valence-electron chi connectivity index (χ2n) is 6.13. The summed E-state index contributed by atoms with van der Waals surface area (Å²) in [5, 5.41) is 7.91. The number of anilines is 1. The summed E-state index contributed by atoms with van der Waals surface area (Å²) in [5.41, 5.74) is 0.698. The lowest BCUT2D eigenvalue weighted by molar-refractivity contribution is -0.172. The van der Waals surface area contributed by atoms with E-state index in [9.17, 15) is 18.0 Å². The number of nitrogens with zero attached hydrogens (tertiary/aromatic N) is 7. The number of pyridine rings is 1. The molecule has 1 amide bonds. The Hall–Kier alpha value is -3.24. The van der Waals surface area contributed by atoms with Crippen molar-refractivity contribution in [1.82, 2.24) is 29.5 Å². The summed E-state index contributed by atoms with van der Waals surface area (Å²) >= 11 is 0. The van der Waals surface area contributed by atoms with Crippen LogP contribution in [0, 0.1) is 6.92 Å². The van der Waals surface area contributed by atoms with Gasteiger partial charge < -0.3 is 0 Å². The van der Waals surface area contributed by atoms with Crippen LogP contribution in [0.5, 0.6) is 0 Å². The zero-order valence-corrected chi connectivity index (χ0v) is 14.1. The fraction of sp³-hybridized carbons (Fsp3) is 0.312. The van der Waals surface area contributed by atoms with Crippen LogP contribution in [0.2, 0.25) is 0 Å². The number of amides is 1. The first-order valence-electron chi connectivity index (χ1n) is 8.10. The molecular weight excluding hydrogens is 363 g/mol. The largest absolute Gasteiger partial charge is 0.410 e. The van der Waals surface area contributed by atoms with Gasteiger partial charge >= 0.3 is 6.18 Å². The van der Waals surface area contributed by atoms with E-state index in [1.807, 2.05) is 0 Å². The molecule has 0 saturated heterocycles. The van der Waals surface area contributed by atoms with Gasteiger partial charge in [0.05, 0.1) is 5.69 Å². The van der Waals surface area contributed by atoms with E-state index in [1.54, 1.807) is 6.92 Å². The molecule has 1 unspecified atom stereocenters. The van der Waals surface area contributed by atoms with Gasteiger partial charge in [-0.3, -0.25) is 9.69 Å². The highest BCUT2D eigenvalue weighted by Gasteiger charge is 2.46. The molecular formula is C16H14F3N7O. The highest BCUT2D eigenvalue weighted by molar-refractivity contribution is 6.06. The second kappa shape index (κ2) is 6.18. The lowest BCUT2D eigenvalue weighted by Gasteiger charge is -2.33. The van der Waals surface area contributed by atoms with E-state index in [0.29, 0.717) is 11.5 Å². The van der Waals surface area contributed by atoms with E-state index < -0.39 is 18.1 Å². The molecule has 8 nitrogen and oxygen atoms in total. The van der Waals surface area contributed by atoms with Crippen LogP contribution < -0.4 is 4.90 Å². The van der Waals surface area contributed by atoms with Gasteiger partial charge in [0.2, 0.25) is 0 Å². The Kier molecular flexibility index (Phi) is 3.93. The number of alkyl halides is 3. The highest BCUT2D eigenvalue weighted by atomic mass is 19.4. The van der Waals surface area contributed by atoms with Gasteiger partial charge in [-0.1, -0.05) is 0 Å². The van der Waals surface area contributed by atoms with Crippen LogP contribution in [0.25, 0.3) is 5.82 Å². The van der Waals surface area contributed by atoms with Gasteiger partial charge in [-0.05, 0) is 25.5 Å². The van der Waals surface area contributed by atoms with Crippen molar-refractivity contribution in [3.05, 3.63) is 48.3 Å². The van der Waals surface area contributed by atoms with Gasteiger partial charge in [-0.15, -0.1) is 0 Å². The molecule has 0 aliphatic carbocycles. The van der Waals surface area contributed by atoms with Crippen LogP contribution >= 0.6 is 0 Å². The Morgan fingerprint density at radius 2 is 2.11 bits per heavy atom. The zero-order chi connectivity index (χ0) is 19.2. The average molecular weight is 377 g/mol. The van der Waals surface area contributed by atoms with Crippen molar-refractivity contribution < 1.29 is 18.0 Å². The molecule has 11 heteroatoms. The summed E-state index contributed by atoms with van der Waals surface area (Å²) in [6.07, 6.45) is -0.484. The van der Waals surface area contributed by atoms with E-state index in [0.717, 1.165) is 4.68 Å². The maximum absolute atomic E-state index is 13.3. The first-order valence-corrected chi connectivity index (χ1v) is 8.10. The van der Waals surface area contributed by atoms with Crippen LogP contribution in [-0.2, 0) is 0 Å². The van der Waals surface area contributed by atoms with Gasteiger partial charge in [0, 0.05) is 24.4 Å². The molecule has 0 fully saturated rings. The fourth-order valence-electron chi connectivity index (χ4n) is 3.09. The molecule has 3 aromatic rings. The predicted molar refractivity (Wildman–Crippen MR) is 87.5 cm³/mol. The monoisotopic (exact) mass is 377 g/mol. The number of hydrogen-bond acceptors (Lipinski definition) is 5. The normalized spacial score (nSPS) is 17.0. The van der Waals surface area contributed by atoms with Crippen LogP contribution in [0.4, 0.5) is 19.0 Å². The van der Waals surface area contributed by atoms with Gasteiger partial charge in [-0.2, -0.15) is 23.4 Å². The first kappa shape index (κ1) is 17.2. The maximum Gasteiger partial charge on any atom is 0.410 e. The summed E-state index contributed by atoms with van der Waals surface area (Å²) in [7, 11) is 0. The summed E-state index contributed by atoms with van der Waals surface area (Å²) in [4.78, 5) is 22.2. The molecule has 27 heavy (non-hydrogen) atoms. The van der Waals surface area contributed by atoms with Gasteiger partial charge in [0.15, 0.2) is 11.9 Å². The quantitative estimate of drug-likeness (QED) is 0.685. The minimum absolute atomic E-state index is 0.0604. The molecule has 1 atom stereocenters. The van der Waals surface area contributed by atoms with E-state index >= 15 is 0 Å². The maximum atomic E-state index is 13.3. The number of halogens is 3. The summed E-state index contributed by atoms with van der Waals surface area (Å²) in [5.74, 6) is 0.0824. The minimum atomic E-state index is -4.43. The third kappa shape index (κ3) is 3.04. The molecule has 0 spiro atoms. The second-order valence-corrected chi connectivity index (χ2v) is 6.13. The summed E-state index contributed by atoms with van der Waals surface area (Å²) in [6.45, 7) is 1.53. The number of rotatable bonds is 2. The van der Waals surface area contributed by atoms with Crippen LogP contribution in [-0.4, -0.2) is 48.2 Å². The number of aromatic nitrogens is 6. The van der Waals surface area contributed by atoms with Crippen LogP contribution in [0.15, 0.2) is 37.1 Å². The molecule has 0 N–H and O–H groups in total.